The summed E-state index contributed by atoms with van der Waals surface area (Å²) in [6.07, 6.45) is -1.89. The van der Waals surface area contributed by atoms with E-state index in [1.165, 1.54) is 0 Å². The second-order valence-electron chi connectivity index (χ2n) is 7.83. The molecule has 2 heterocycles. The van der Waals surface area contributed by atoms with Crippen LogP contribution in [0.2, 0.25) is 0 Å². The third-order valence-corrected chi connectivity index (χ3v) is 7.73. The van der Waals surface area contributed by atoms with Crippen molar-refractivity contribution in [3.05, 3.63) is 29.8 Å². The van der Waals surface area contributed by atoms with Crippen molar-refractivity contribution in [2.24, 2.45) is 5.92 Å². The molecule has 0 aromatic heterocycles. The van der Waals surface area contributed by atoms with Gasteiger partial charge in [-0.1, -0.05) is 18.2 Å². The molecular weight excluding hydrogens is 425 g/mol. The summed E-state index contributed by atoms with van der Waals surface area (Å²) >= 11 is 0. The normalized spacial score (nSPS) is 25.7. The Kier molecular flexibility index (Phi) is 6.47. The van der Waals surface area contributed by atoms with Crippen LogP contribution in [0.1, 0.15) is 24.8 Å². The van der Waals surface area contributed by atoms with Crippen molar-refractivity contribution in [1.82, 2.24) is 9.21 Å². The molecule has 1 atom stereocenters. The van der Waals surface area contributed by atoms with E-state index in [0.29, 0.717) is 24.0 Å². The Labute approximate surface area is 173 Å². The summed E-state index contributed by atoms with van der Waals surface area (Å²) in [5.41, 5.74) is 0.631. The molecule has 30 heavy (non-hydrogen) atoms. The Morgan fingerprint density at radius 1 is 1.30 bits per heavy atom. The fourth-order valence-corrected chi connectivity index (χ4v) is 6.21. The summed E-state index contributed by atoms with van der Waals surface area (Å²) in [4.78, 5) is 11.8. The van der Waals surface area contributed by atoms with E-state index in [2.05, 4.69) is 4.90 Å². The highest BCUT2D eigenvalue weighted by molar-refractivity contribution is 7.89. The molecule has 1 aromatic carbocycles. The van der Waals surface area contributed by atoms with Gasteiger partial charge < -0.3 is 9.84 Å². The fourth-order valence-electron chi connectivity index (χ4n) is 4.07. The van der Waals surface area contributed by atoms with Crippen molar-refractivity contribution in [1.29, 1.82) is 0 Å². The van der Waals surface area contributed by atoms with Gasteiger partial charge >= 0.3 is 12.1 Å². The molecule has 1 saturated heterocycles. The Hall–Kier alpha value is -1.69. The molecule has 168 valence electrons. The van der Waals surface area contributed by atoms with Crippen LogP contribution in [-0.4, -0.2) is 74.8 Å². The lowest BCUT2D eigenvalue weighted by Crippen LogP contribution is -2.47. The molecule has 0 bridgehead atoms. The van der Waals surface area contributed by atoms with Crippen molar-refractivity contribution >= 4 is 16.0 Å². The van der Waals surface area contributed by atoms with Crippen LogP contribution in [0, 0.1) is 5.92 Å². The van der Waals surface area contributed by atoms with E-state index in [4.69, 9.17) is 14.6 Å². The molecule has 7 nitrogen and oxygen atoms in total. The standard InChI is InChI=1S/C17H24N2O3S.C2HF3O2/c1-22-11-10-18-9-8-17(13-18)15-4-2-3-5-16(15)23(20,21)19(17)12-14-6-7-14;3-2(4,5)1(6)7/h2-5,14H,6-13H2,1H3;(H,6,7). The number of nitrogens with zero attached hydrogens (tertiary/aromatic N) is 2. The van der Waals surface area contributed by atoms with Gasteiger partial charge in [0.15, 0.2) is 0 Å². The SMILES string of the molecule is COCCN1CCC2(C1)c1ccccc1S(=O)(=O)N2CC1CC1.O=C(O)C(F)(F)F. The number of likely N-dealkylation sites (tertiary alicyclic amines) is 1. The van der Waals surface area contributed by atoms with Crippen LogP contribution in [0.5, 0.6) is 0 Å². The molecule has 3 aliphatic rings. The number of sulfonamides is 1. The largest absolute Gasteiger partial charge is 0.490 e. The van der Waals surface area contributed by atoms with Gasteiger partial charge in [-0.05, 0) is 36.8 Å². The van der Waals surface area contributed by atoms with Crippen LogP contribution >= 0.6 is 0 Å². The van der Waals surface area contributed by atoms with Crippen molar-refractivity contribution in [3.8, 4) is 0 Å². The number of aliphatic carboxylic acids is 1. The molecule has 0 radical (unpaired) electrons. The average molecular weight is 450 g/mol. The summed E-state index contributed by atoms with van der Waals surface area (Å²) in [5, 5.41) is 7.12. The minimum atomic E-state index is -5.08. The van der Waals surface area contributed by atoms with Gasteiger partial charge in [0.1, 0.15) is 0 Å². The van der Waals surface area contributed by atoms with Crippen molar-refractivity contribution < 1.29 is 36.2 Å². The van der Waals surface area contributed by atoms with Crippen LogP contribution in [0.25, 0.3) is 0 Å². The Bertz CT molecular complexity index is 888. The highest BCUT2D eigenvalue weighted by Crippen LogP contribution is 2.50. The average Bonchev–Trinajstić information content (AvgIpc) is 3.38. The third-order valence-electron chi connectivity index (χ3n) is 5.74. The highest BCUT2D eigenvalue weighted by atomic mass is 32.2. The first kappa shape index (κ1) is 23.0. The minimum Gasteiger partial charge on any atom is -0.475 e. The number of carboxylic acids is 1. The van der Waals surface area contributed by atoms with Crippen LogP contribution in [0.15, 0.2) is 29.2 Å². The quantitative estimate of drug-likeness (QED) is 0.741. The maximum Gasteiger partial charge on any atom is 0.490 e. The van der Waals surface area contributed by atoms with Crippen LogP contribution in [0.3, 0.4) is 0 Å². The Balaban J connectivity index is 0.000000318. The molecule has 2 fully saturated rings. The highest BCUT2D eigenvalue weighted by Gasteiger charge is 2.57. The van der Waals surface area contributed by atoms with Crippen LogP contribution < -0.4 is 0 Å². The molecule has 1 unspecified atom stereocenters. The topological polar surface area (TPSA) is 87.2 Å². The zero-order valence-electron chi connectivity index (χ0n) is 16.6. The summed E-state index contributed by atoms with van der Waals surface area (Å²) < 4.78 is 65.0. The Morgan fingerprint density at radius 2 is 1.93 bits per heavy atom. The summed E-state index contributed by atoms with van der Waals surface area (Å²) in [7, 11) is -1.65. The molecule has 1 aliphatic carbocycles. The number of rotatable bonds is 5. The van der Waals surface area contributed by atoms with Gasteiger partial charge in [-0.2, -0.15) is 17.5 Å². The van der Waals surface area contributed by atoms with Crippen LogP contribution in [0.4, 0.5) is 13.2 Å². The number of carbonyl (C=O) groups is 1. The van der Waals surface area contributed by atoms with E-state index in [-0.39, 0.29) is 5.54 Å². The first-order chi connectivity index (χ1) is 14.0. The summed E-state index contributed by atoms with van der Waals surface area (Å²) in [6, 6.07) is 7.59. The van der Waals surface area contributed by atoms with Gasteiger partial charge in [-0.3, -0.25) is 4.90 Å². The number of fused-ring (bicyclic) bond motifs is 2. The summed E-state index contributed by atoms with van der Waals surface area (Å²) in [5.74, 6) is -2.21. The predicted molar refractivity (Wildman–Crippen MR) is 101 cm³/mol. The van der Waals surface area contributed by atoms with Gasteiger partial charge in [0, 0.05) is 33.3 Å². The molecule has 11 heteroatoms. The molecule has 1 aromatic rings. The zero-order valence-corrected chi connectivity index (χ0v) is 17.4. The van der Waals surface area contributed by atoms with Gasteiger partial charge in [0.25, 0.3) is 0 Å². The number of hydrogen-bond acceptors (Lipinski definition) is 5. The van der Waals surface area contributed by atoms with Gasteiger partial charge in [-0.25, -0.2) is 13.2 Å². The lowest BCUT2D eigenvalue weighted by molar-refractivity contribution is -0.192. The van der Waals surface area contributed by atoms with Crippen molar-refractivity contribution in [2.45, 2.75) is 35.9 Å². The first-order valence-corrected chi connectivity index (χ1v) is 11.1. The molecule has 1 saturated carbocycles. The predicted octanol–water partition coefficient (Wildman–Crippen LogP) is 2.28. The molecule has 0 amide bonds. The molecule has 4 rings (SSSR count). The van der Waals surface area contributed by atoms with Crippen molar-refractivity contribution in [2.75, 3.05) is 39.9 Å². The monoisotopic (exact) mass is 450 g/mol. The molecule has 1 spiro atoms. The number of halogens is 3. The second kappa shape index (κ2) is 8.45. The number of methoxy groups -OCH3 is 1. The second-order valence-corrected chi connectivity index (χ2v) is 9.66. The first-order valence-electron chi connectivity index (χ1n) is 9.66. The van der Waals surface area contributed by atoms with Crippen LogP contribution in [-0.2, 0) is 25.1 Å². The van der Waals surface area contributed by atoms with E-state index >= 15 is 0 Å². The smallest absolute Gasteiger partial charge is 0.475 e. The lowest BCUT2D eigenvalue weighted by Gasteiger charge is -2.34. The van der Waals surface area contributed by atoms with E-state index in [1.807, 2.05) is 22.5 Å². The molecule has 1 N–H and O–H groups in total. The van der Waals surface area contributed by atoms with Gasteiger partial charge in [0.2, 0.25) is 10.0 Å². The zero-order chi connectivity index (χ0) is 22.2. The van der Waals surface area contributed by atoms with E-state index in [9.17, 15) is 21.6 Å². The molecular formula is C19H25F3N2O5S. The fraction of sp³-hybridized carbons (Fsp3) is 0.632. The van der Waals surface area contributed by atoms with E-state index in [0.717, 1.165) is 44.5 Å². The Morgan fingerprint density at radius 3 is 2.50 bits per heavy atom. The summed E-state index contributed by atoms with van der Waals surface area (Å²) in [6.45, 7) is 3.92. The van der Waals surface area contributed by atoms with E-state index < -0.39 is 22.2 Å². The molecule has 2 aliphatic heterocycles. The number of hydrogen-bond donors (Lipinski definition) is 1. The lowest BCUT2D eigenvalue weighted by atomic mass is 9.88. The third kappa shape index (κ3) is 4.48. The van der Waals surface area contributed by atoms with Gasteiger partial charge in [-0.15, -0.1) is 0 Å². The number of ether oxygens (including phenoxy) is 1. The maximum atomic E-state index is 13.1. The number of benzene rings is 1. The van der Waals surface area contributed by atoms with Crippen molar-refractivity contribution in [3.63, 3.8) is 0 Å². The van der Waals surface area contributed by atoms with E-state index in [1.54, 1.807) is 13.2 Å². The number of carboxylic acid groups (broad SMARTS) is 1. The minimum absolute atomic E-state index is 0.369. The van der Waals surface area contributed by atoms with Gasteiger partial charge in [0.05, 0.1) is 17.0 Å². The maximum absolute atomic E-state index is 13.1. The number of alkyl halides is 3.